The topological polar surface area (TPSA) is 44.5 Å². The van der Waals surface area contributed by atoms with Crippen molar-refractivity contribution in [1.82, 2.24) is 19.2 Å². The van der Waals surface area contributed by atoms with Gasteiger partial charge in [0.25, 0.3) is 0 Å². The quantitative estimate of drug-likeness (QED) is 0.534. The number of benzene rings is 2. The van der Waals surface area contributed by atoms with E-state index in [9.17, 15) is 0 Å². The first-order valence-electron chi connectivity index (χ1n) is 9.21. The van der Waals surface area contributed by atoms with Crippen molar-refractivity contribution in [3.63, 3.8) is 0 Å². The molecule has 0 spiro atoms. The Balaban J connectivity index is 1.75. The predicted octanol–water partition coefficient (Wildman–Crippen LogP) is 4.11. The summed E-state index contributed by atoms with van der Waals surface area (Å²) in [5.41, 5.74) is 2.18. The van der Waals surface area contributed by atoms with Gasteiger partial charge < -0.3 is 14.0 Å². The van der Waals surface area contributed by atoms with Crippen LogP contribution in [0.3, 0.4) is 0 Å². The van der Waals surface area contributed by atoms with Crippen molar-refractivity contribution >= 4 is 12.2 Å². The Morgan fingerprint density at radius 3 is 2.54 bits per heavy atom. The third kappa shape index (κ3) is 4.43. The third-order valence-corrected chi connectivity index (χ3v) is 4.91. The van der Waals surface area contributed by atoms with E-state index in [-0.39, 0.29) is 0 Å². The van der Waals surface area contributed by atoms with Crippen LogP contribution in [0.2, 0.25) is 0 Å². The zero-order valence-electron chi connectivity index (χ0n) is 16.8. The summed E-state index contributed by atoms with van der Waals surface area (Å²) in [6.45, 7) is 3.90. The van der Waals surface area contributed by atoms with E-state index in [1.807, 2.05) is 72.7 Å². The molecule has 1 aromatic heterocycles. The highest BCUT2D eigenvalue weighted by Gasteiger charge is 2.12. The minimum absolute atomic E-state index is 0.592. The first kappa shape index (κ1) is 20.1. The summed E-state index contributed by atoms with van der Waals surface area (Å²) in [6, 6.07) is 16.1. The Labute approximate surface area is 170 Å². The second-order valence-electron chi connectivity index (χ2n) is 6.60. The van der Waals surface area contributed by atoms with E-state index < -0.39 is 0 Å². The van der Waals surface area contributed by atoms with Gasteiger partial charge in [-0.05, 0) is 43.9 Å². The van der Waals surface area contributed by atoms with Gasteiger partial charge in [0, 0.05) is 19.2 Å². The van der Waals surface area contributed by atoms with Gasteiger partial charge in [0.05, 0.1) is 20.4 Å². The van der Waals surface area contributed by atoms with E-state index in [2.05, 4.69) is 11.0 Å². The van der Waals surface area contributed by atoms with Gasteiger partial charge in [-0.3, -0.25) is 4.90 Å². The lowest BCUT2D eigenvalue weighted by Gasteiger charge is -2.18. The van der Waals surface area contributed by atoms with Crippen molar-refractivity contribution in [3.05, 3.63) is 58.9 Å². The van der Waals surface area contributed by atoms with E-state index in [0.29, 0.717) is 18.0 Å². The van der Waals surface area contributed by atoms with Crippen LogP contribution >= 0.6 is 12.2 Å². The molecule has 0 radical (unpaired) electrons. The fraction of sp³-hybridized carbons (Fsp3) is 0.333. The van der Waals surface area contributed by atoms with Crippen LogP contribution in [0.1, 0.15) is 12.5 Å². The molecule has 0 fully saturated rings. The highest BCUT2D eigenvalue weighted by molar-refractivity contribution is 7.71. The minimum Gasteiger partial charge on any atom is -0.493 e. The van der Waals surface area contributed by atoms with Gasteiger partial charge in [-0.15, -0.1) is 0 Å². The molecule has 148 valence electrons. The maximum absolute atomic E-state index is 5.59. The second kappa shape index (κ2) is 9.03. The third-order valence-electron chi connectivity index (χ3n) is 4.43. The van der Waals surface area contributed by atoms with Gasteiger partial charge >= 0.3 is 0 Å². The first-order chi connectivity index (χ1) is 13.5. The highest BCUT2D eigenvalue weighted by Crippen LogP contribution is 2.28. The Kier molecular flexibility index (Phi) is 6.49. The zero-order chi connectivity index (χ0) is 20.1. The summed E-state index contributed by atoms with van der Waals surface area (Å²) in [7, 11) is 5.65. The van der Waals surface area contributed by atoms with Gasteiger partial charge in [0.2, 0.25) is 0 Å². The van der Waals surface area contributed by atoms with E-state index in [1.54, 1.807) is 7.11 Å². The monoisotopic (exact) mass is 398 g/mol. The number of rotatable bonds is 8. The van der Waals surface area contributed by atoms with Crippen LogP contribution in [0.25, 0.3) is 11.4 Å². The summed E-state index contributed by atoms with van der Waals surface area (Å²) < 4.78 is 15.5. The Morgan fingerprint density at radius 1 is 1.11 bits per heavy atom. The molecule has 0 saturated heterocycles. The molecule has 7 heteroatoms. The van der Waals surface area contributed by atoms with E-state index in [1.165, 1.54) is 0 Å². The normalized spacial score (nSPS) is 11.0. The van der Waals surface area contributed by atoms with Crippen LogP contribution in [0, 0.1) is 4.77 Å². The number of hydrogen-bond donors (Lipinski definition) is 0. The standard InChI is InChI=1S/C21H26N4O2S/c1-5-27-18-12-11-16(13-19(18)26-4)14-23(2)15-25-21(28)24(3)20(22-25)17-9-7-6-8-10-17/h6-13H,5,14-15H2,1-4H3. The number of aromatic nitrogens is 3. The molecule has 1 heterocycles. The van der Waals surface area contributed by atoms with Crippen molar-refractivity contribution in [2.24, 2.45) is 7.05 Å². The second-order valence-corrected chi connectivity index (χ2v) is 6.97. The van der Waals surface area contributed by atoms with Gasteiger partial charge in [0.1, 0.15) is 0 Å². The van der Waals surface area contributed by atoms with Crippen molar-refractivity contribution < 1.29 is 9.47 Å². The van der Waals surface area contributed by atoms with Crippen LogP contribution in [-0.4, -0.2) is 40.0 Å². The summed E-state index contributed by atoms with van der Waals surface area (Å²) in [4.78, 5) is 2.16. The summed E-state index contributed by atoms with van der Waals surface area (Å²) >= 11 is 5.58. The summed E-state index contributed by atoms with van der Waals surface area (Å²) in [6.07, 6.45) is 0. The summed E-state index contributed by atoms with van der Waals surface area (Å²) in [5.74, 6) is 2.37. The molecule has 0 amide bonds. The van der Waals surface area contributed by atoms with Gasteiger partial charge in [-0.2, -0.15) is 5.10 Å². The van der Waals surface area contributed by atoms with E-state index in [0.717, 1.165) is 35.0 Å². The lowest BCUT2D eigenvalue weighted by molar-refractivity contribution is 0.243. The minimum atomic E-state index is 0.592. The molecule has 3 aromatic rings. The predicted molar refractivity (Wildman–Crippen MR) is 113 cm³/mol. The van der Waals surface area contributed by atoms with Gasteiger partial charge in [-0.25, -0.2) is 4.68 Å². The zero-order valence-corrected chi connectivity index (χ0v) is 17.6. The van der Waals surface area contributed by atoms with Crippen molar-refractivity contribution in [1.29, 1.82) is 0 Å². The smallest absolute Gasteiger partial charge is 0.199 e. The lowest BCUT2D eigenvalue weighted by atomic mass is 10.2. The van der Waals surface area contributed by atoms with Crippen molar-refractivity contribution in [2.45, 2.75) is 20.1 Å². The molecule has 0 atom stereocenters. The molecule has 28 heavy (non-hydrogen) atoms. The molecular weight excluding hydrogens is 372 g/mol. The SMILES string of the molecule is CCOc1ccc(CN(C)Cn2nc(-c3ccccc3)n(C)c2=S)cc1OC. The Hall–Kier alpha value is -2.64. The molecule has 0 bridgehead atoms. The molecule has 0 aliphatic carbocycles. The maximum Gasteiger partial charge on any atom is 0.199 e. The molecule has 0 N–H and O–H groups in total. The molecular formula is C21H26N4O2S. The number of nitrogens with zero attached hydrogens (tertiary/aromatic N) is 4. The molecule has 0 saturated carbocycles. The van der Waals surface area contributed by atoms with E-state index >= 15 is 0 Å². The molecule has 2 aromatic carbocycles. The number of hydrogen-bond acceptors (Lipinski definition) is 5. The van der Waals surface area contributed by atoms with Crippen LogP contribution in [0.5, 0.6) is 11.5 Å². The molecule has 0 aliphatic heterocycles. The van der Waals surface area contributed by atoms with Crippen LogP contribution in [0.15, 0.2) is 48.5 Å². The van der Waals surface area contributed by atoms with Crippen molar-refractivity contribution in [2.75, 3.05) is 20.8 Å². The van der Waals surface area contributed by atoms with Crippen molar-refractivity contribution in [3.8, 4) is 22.9 Å². The first-order valence-corrected chi connectivity index (χ1v) is 9.61. The van der Waals surface area contributed by atoms with Gasteiger partial charge in [-0.1, -0.05) is 36.4 Å². The largest absolute Gasteiger partial charge is 0.493 e. The molecule has 0 unspecified atom stereocenters. The van der Waals surface area contributed by atoms with Crippen LogP contribution in [-0.2, 0) is 20.3 Å². The number of methoxy groups -OCH3 is 1. The molecule has 0 aliphatic rings. The Bertz CT molecular complexity index is 982. The molecule has 6 nitrogen and oxygen atoms in total. The van der Waals surface area contributed by atoms with Crippen LogP contribution in [0.4, 0.5) is 0 Å². The molecule has 3 rings (SSSR count). The Morgan fingerprint density at radius 2 is 1.86 bits per heavy atom. The fourth-order valence-corrected chi connectivity index (χ4v) is 3.28. The maximum atomic E-state index is 5.59. The fourth-order valence-electron chi connectivity index (χ4n) is 3.09. The van der Waals surface area contributed by atoms with Crippen LogP contribution < -0.4 is 9.47 Å². The lowest BCUT2D eigenvalue weighted by Crippen LogP contribution is -2.22. The van der Waals surface area contributed by atoms with E-state index in [4.69, 9.17) is 26.8 Å². The summed E-state index contributed by atoms with van der Waals surface area (Å²) in [5, 5.41) is 4.72. The average molecular weight is 399 g/mol. The highest BCUT2D eigenvalue weighted by atomic mass is 32.1. The number of ether oxygens (including phenoxy) is 2. The van der Waals surface area contributed by atoms with Gasteiger partial charge in [0.15, 0.2) is 22.1 Å². The average Bonchev–Trinajstić information content (AvgIpc) is 2.98.